The van der Waals surface area contributed by atoms with Crippen molar-refractivity contribution in [1.29, 1.82) is 5.26 Å². The predicted molar refractivity (Wildman–Crippen MR) is 166 cm³/mol. The van der Waals surface area contributed by atoms with Crippen LogP contribution in [0.25, 0.3) is 6.08 Å². The molecule has 0 atom stereocenters. The van der Waals surface area contributed by atoms with Gasteiger partial charge in [0.1, 0.15) is 30.6 Å². The number of benzene rings is 4. The highest BCUT2D eigenvalue weighted by Gasteiger charge is 2.15. The Labute approximate surface area is 257 Å². The van der Waals surface area contributed by atoms with Crippen LogP contribution in [0.4, 0.5) is 5.69 Å². The van der Waals surface area contributed by atoms with Gasteiger partial charge in [-0.05, 0) is 72.7 Å². The standard InChI is InChI=1S/C32H25BrCl2N2O4/c1-2-39-30-15-23(28(33)17-31(30)41-20-22-8-9-25(34)16-29(22)35)14-24(18-36)32(38)37-26-10-12-27(13-11-26)40-19-21-6-4-3-5-7-21/h3-17H,2,19-20H2,1H3,(H,37,38)/b24-14+. The van der Waals surface area contributed by atoms with Gasteiger partial charge in [0.15, 0.2) is 11.5 Å². The van der Waals surface area contributed by atoms with E-state index in [4.69, 9.17) is 37.4 Å². The summed E-state index contributed by atoms with van der Waals surface area (Å²) in [4.78, 5) is 12.9. The number of rotatable bonds is 11. The molecule has 41 heavy (non-hydrogen) atoms. The summed E-state index contributed by atoms with van der Waals surface area (Å²) in [6.07, 6.45) is 1.49. The lowest BCUT2D eigenvalue weighted by atomic mass is 10.1. The van der Waals surface area contributed by atoms with Crippen molar-refractivity contribution >= 4 is 56.8 Å². The second kappa shape index (κ2) is 14.6. The molecular weight excluding hydrogens is 627 g/mol. The number of ether oxygens (including phenoxy) is 3. The van der Waals surface area contributed by atoms with E-state index in [9.17, 15) is 10.1 Å². The lowest BCUT2D eigenvalue weighted by Gasteiger charge is -2.15. The molecule has 0 radical (unpaired) electrons. The van der Waals surface area contributed by atoms with Crippen molar-refractivity contribution in [2.24, 2.45) is 0 Å². The molecule has 0 heterocycles. The predicted octanol–water partition coefficient (Wildman–Crippen LogP) is 8.86. The van der Waals surface area contributed by atoms with Crippen molar-refractivity contribution in [1.82, 2.24) is 0 Å². The van der Waals surface area contributed by atoms with E-state index < -0.39 is 5.91 Å². The molecule has 0 aliphatic rings. The van der Waals surface area contributed by atoms with E-state index in [-0.39, 0.29) is 12.2 Å². The Kier molecular flexibility index (Phi) is 10.7. The Morgan fingerprint density at radius 3 is 2.34 bits per heavy atom. The van der Waals surface area contributed by atoms with Crippen LogP contribution in [0.15, 0.2) is 95.0 Å². The molecule has 0 bridgehead atoms. The summed E-state index contributed by atoms with van der Waals surface area (Å²) in [5.41, 5.74) is 2.83. The number of amides is 1. The zero-order valence-corrected chi connectivity index (χ0v) is 25.1. The first-order valence-electron chi connectivity index (χ1n) is 12.6. The molecule has 1 amide bonds. The molecule has 4 aromatic carbocycles. The van der Waals surface area contributed by atoms with Crippen LogP contribution in [0.1, 0.15) is 23.6 Å². The lowest BCUT2D eigenvalue weighted by molar-refractivity contribution is -0.112. The quantitative estimate of drug-likeness (QED) is 0.129. The second-order valence-corrected chi connectivity index (χ2v) is 10.4. The summed E-state index contributed by atoms with van der Waals surface area (Å²) in [7, 11) is 0. The molecule has 0 fully saturated rings. The van der Waals surface area contributed by atoms with E-state index in [0.717, 1.165) is 11.1 Å². The number of hydrogen-bond donors (Lipinski definition) is 1. The fourth-order valence-corrected chi connectivity index (χ4v) is 4.61. The minimum Gasteiger partial charge on any atom is -0.490 e. The van der Waals surface area contributed by atoms with E-state index in [1.807, 2.05) is 43.3 Å². The molecule has 0 saturated carbocycles. The van der Waals surface area contributed by atoms with Crippen LogP contribution in [-0.2, 0) is 18.0 Å². The van der Waals surface area contributed by atoms with Crippen LogP contribution in [0, 0.1) is 11.3 Å². The minimum absolute atomic E-state index is 0.0841. The highest BCUT2D eigenvalue weighted by Crippen LogP contribution is 2.36. The molecule has 0 unspecified atom stereocenters. The van der Waals surface area contributed by atoms with Gasteiger partial charge in [0.2, 0.25) is 0 Å². The second-order valence-electron chi connectivity index (χ2n) is 8.70. The molecule has 4 aromatic rings. The van der Waals surface area contributed by atoms with Crippen LogP contribution in [-0.4, -0.2) is 12.5 Å². The highest BCUT2D eigenvalue weighted by atomic mass is 79.9. The number of nitriles is 1. The van der Waals surface area contributed by atoms with Gasteiger partial charge in [-0.2, -0.15) is 5.26 Å². The number of carbonyl (C=O) groups is 1. The van der Waals surface area contributed by atoms with Gasteiger partial charge in [0, 0.05) is 25.8 Å². The zero-order valence-electron chi connectivity index (χ0n) is 22.0. The molecule has 0 spiro atoms. The van der Waals surface area contributed by atoms with Crippen LogP contribution in [0.2, 0.25) is 10.0 Å². The maximum absolute atomic E-state index is 12.9. The average Bonchev–Trinajstić information content (AvgIpc) is 2.97. The fourth-order valence-electron chi connectivity index (χ4n) is 3.71. The van der Waals surface area contributed by atoms with Crippen molar-refractivity contribution in [2.45, 2.75) is 20.1 Å². The maximum atomic E-state index is 12.9. The number of nitrogens with zero attached hydrogens (tertiary/aromatic N) is 1. The van der Waals surface area contributed by atoms with Crippen LogP contribution >= 0.6 is 39.1 Å². The van der Waals surface area contributed by atoms with Gasteiger partial charge in [-0.1, -0.05) is 75.5 Å². The Morgan fingerprint density at radius 1 is 0.927 bits per heavy atom. The molecule has 0 saturated heterocycles. The van der Waals surface area contributed by atoms with Crippen LogP contribution < -0.4 is 19.5 Å². The Hall–Kier alpha value is -3.96. The van der Waals surface area contributed by atoms with Gasteiger partial charge >= 0.3 is 0 Å². The van der Waals surface area contributed by atoms with Gasteiger partial charge in [0.25, 0.3) is 5.91 Å². The fraction of sp³-hybridized carbons (Fsp3) is 0.125. The van der Waals surface area contributed by atoms with Crippen molar-refractivity contribution < 1.29 is 19.0 Å². The van der Waals surface area contributed by atoms with Crippen molar-refractivity contribution in [3.63, 3.8) is 0 Å². The third kappa shape index (κ3) is 8.51. The Morgan fingerprint density at radius 2 is 1.66 bits per heavy atom. The lowest BCUT2D eigenvalue weighted by Crippen LogP contribution is -2.13. The summed E-state index contributed by atoms with van der Waals surface area (Å²) in [6, 6.07) is 27.4. The van der Waals surface area contributed by atoms with Crippen LogP contribution in [0.5, 0.6) is 17.2 Å². The summed E-state index contributed by atoms with van der Waals surface area (Å²) < 4.78 is 18.2. The van der Waals surface area contributed by atoms with Gasteiger partial charge in [-0.15, -0.1) is 0 Å². The maximum Gasteiger partial charge on any atom is 0.266 e. The first-order chi connectivity index (χ1) is 19.9. The monoisotopic (exact) mass is 650 g/mol. The number of hydrogen-bond acceptors (Lipinski definition) is 5. The van der Waals surface area contributed by atoms with Crippen molar-refractivity contribution in [2.75, 3.05) is 11.9 Å². The third-order valence-corrected chi connectivity index (χ3v) is 7.06. The van der Waals surface area contributed by atoms with E-state index in [1.165, 1.54) is 6.08 Å². The zero-order chi connectivity index (χ0) is 29.2. The minimum atomic E-state index is -0.548. The van der Waals surface area contributed by atoms with Crippen molar-refractivity contribution in [3.05, 3.63) is 122 Å². The first-order valence-corrected chi connectivity index (χ1v) is 14.1. The molecule has 1 N–H and O–H groups in total. The van der Waals surface area contributed by atoms with E-state index in [2.05, 4.69) is 21.2 Å². The number of nitrogens with one attached hydrogen (secondary N) is 1. The summed E-state index contributed by atoms with van der Waals surface area (Å²) in [6.45, 7) is 2.87. The molecule has 9 heteroatoms. The average molecular weight is 652 g/mol. The summed E-state index contributed by atoms with van der Waals surface area (Å²) in [5.74, 6) is 1.04. The third-order valence-electron chi connectivity index (χ3n) is 5.79. The molecular formula is C32H25BrCl2N2O4. The Balaban J connectivity index is 1.45. The van der Waals surface area contributed by atoms with E-state index in [1.54, 1.807) is 54.6 Å². The summed E-state index contributed by atoms with van der Waals surface area (Å²) >= 11 is 15.8. The largest absolute Gasteiger partial charge is 0.490 e. The number of anilines is 1. The first kappa shape index (κ1) is 30.0. The molecule has 0 aliphatic heterocycles. The number of halogens is 3. The van der Waals surface area contributed by atoms with Crippen molar-refractivity contribution in [3.8, 4) is 23.3 Å². The topological polar surface area (TPSA) is 80.6 Å². The molecule has 4 rings (SSSR count). The molecule has 6 nitrogen and oxygen atoms in total. The smallest absolute Gasteiger partial charge is 0.266 e. The molecule has 208 valence electrons. The molecule has 0 aromatic heterocycles. The van der Waals surface area contributed by atoms with E-state index >= 15 is 0 Å². The molecule has 0 aliphatic carbocycles. The van der Waals surface area contributed by atoms with Gasteiger partial charge in [-0.25, -0.2) is 0 Å². The normalized spacial score (nSPS) is 11.0. The van der Waals surface area contributed by atoms with Gasteiger partial charge in [-0.3, -0.25) is 4.79 Å². The van der Waals surface area contributed by atoms with Crippen LogP contribution in [0.3, 0.4) is 0 Å². The SMILES string of the molecule is CCOc1cc(/C=C(\C#N)C(=O)Nc2ccc(OCc3ccccc3)cc2)c(Br)cc1OCc1ccc(Cl)cc1Cl. The summed E-state index contributed by atoms with van der Waals surface area (Å²) in [5, 5.41) is 13.5. The van der Waals surface area contributed by atoms with Gasteiger partial charge in [0.05, 0.1) is 6.61 Å². The number of carbonyl (C=O) groups excluding carboxylic acids is 1. The van der Waals surface area contributed by atoms with Gasteiger partial charge < -0.3 is 19.5 Å². The highest BCUT2D eigenvalue weighted by molar-refractivity contribution is 9.10. The van der Waals surface area contributed by atoms with E-state index in [0.29, 0.717) is 56.2 Å². The Bertz CT molecular complexity index is 1590.